The Balaban J connectivity index is 1.68. The van der Waals surface area contributed by atoms with Crippen molar-refractivity contribution in [3.05, 3.63) is 30.0 Å². The monoisotopic (exact) mass is 328 g/mol. The lowest BCUT2D eigenvalue weighted by Crippen LogP contribution is -2.45. The Morgan fingerprint density at radius 3 is 2.79 bits per heavy atom. The van der Waals surface area contributed by atoms with E-state index in [1.165, 1.54) is 4.90 Å². The topological polar surface area (TPSA) is 82.6 Å². The normalized spacial score (nSPS) is 27.1. The number of carboxylic acids is 1. The first-order valence-corrected chi connectivity index (χ1v) is 8.05. The van der Waals surface area contributed by atoms with Gasteiger partial charge in [-0.1, -0.05) is 19.9 Å². The van der Waals surface area contributed by atoms with Crippen molar-refractivity contribution in [2.75, 3.05) is 13.7 Å². The fourth-order valence-electron chi connectivity index (χ4n) is 4.35. The van der Waals surface area contributed by atoms with E-state index in [4.69, 9.17) is 4.74 Å². The summed E-state index contributed by atoms with van der Waals surface area (Å²) in [6.07, 6.45) is 0. The zero-order chi connectivity index (χ0) is 17.2. The average Bonchev–Trinajstić information content (AvgIpc) is 2.97. The highest BCUT2D eigenvalue weighted by Crippen LogP contribution is 2.64. The van der Waals surface area contributed by atoms with E-state index in [1.807, 2.05) is 18.2 Å². The predicted octanol–water partition coefficient (Wildman–Crippen LogP) is 2.36. The molecule has 6 nitrogen and oxygen atoms in total. The first-order chi connectivity index (χ1) is 11.4. The highest BCUT2D eigenvalue weighted by Gasteiger charge is 2.69. The number of aromatic amines is 1. The summed E-state index contributed by atoms with van der Waals surface area (Å²) in [4.78, 5) is 29.2. The number of aromatic nitrogens is 1. The van der Waals surface area contributed by atoms with Crippen LogP contribution in [0.5, 0.6) is 5.75 Å². The van der Waals surface area contributed by atoms with E-state index in [1.54, 1.807) is 13.2 Å². The van der Waals surface area contributed by atoms with Gasteiger partial charge in [0.05, 0.1) is 7.11 Å². The van der Waals surface area contributed by atoms with Gasteiger partial charge in [-0.3, -0.25) is 4.79 Å². The number of nitrogens with one attached hydrogen (secondary N) is 1. The van der Waals surface area contributed by atoms with Gasteiger partial charge in [-0.15, -0.1) is 0 Å². The molecule has 1 aromatic heterocycles. The molecule has 1 aliphatic heterocycles. The second-order valence-electron chi connectivity index (χ2n) is 7.30. The number of aliphatic carboxylic acids is 1. The molecular formula is C18H20N2O4. The van der Waals surface area contributed by atoms with E-state index in [2.05, 4.69) is 18.8 Å². The van der Waals surface area contributed by atoms with Crippen molar-refractivity contribution in [3.8, 4) is 5.75 Å². The number of likely N-dealkylation sites (tertiary alicyclic amines) is 1. The fraction of sp³-hybridized carbons (Fsp3) is 0.444. The van der Waals surface area contributed by atoms with Crippen molar-refractivity contribution in [3.63, 3.8) is 0 Å². The highest BCUT2D eigenvalue weighted by molar-refractivity contribution is 6.01. The van der Waals surface area contributed by atoms with Crippen molar-refractivity contribution in [2.45, 2.75) is 19.9 Å². The molecule has 24 heavy (non-hydrogen) atoms. The smallest absolute Gasteiger partial charge is 0.326 e. The predicted molar refractivity (Wildman–Crippen MR) is 88.1 cm³/mol. The highest BCUT2D eigenvalue weighted by atomic mass is 16.5. The quantitative estimate of drug-likeness (QED) is 0.906. The standard InChI is InChI=1S/C18H20N2O4/c1-18(2)10-8-20(15(14(10)18)17(22)23)16(21)12-7-9-11(19-12)5-4-6-13(9)24-3/h4-7,10,14-15,19H,8H2,1-3H3,(H,22,23)/t10-,14-,15-/m0/s1. The van der Waals surface area contributed by atoms with E-state index in [-0.39, 0.29) is 23.2 Å². The number of carbonyl (C=O) groups excluding carboxylic acids is 1. The lowest BCUT2D eigenvalue weighted by Gasteiger charge is -2.27. The molecule has 0 radical (unpaired) electrons. The number of methoxy groups -OCH3 is 1. The molecule has 126 valence electrons. The first-order valence-electron chi connectivity index (χ1n) is 8.05. The van der Waals surface area contributed by atoms with Gasteiger partial charge < -0.3 is 19.7 Å². The zero-order valence-electron chi connectivity index (χ0n) is 13.9. The number of carboxylic acid groups (broad SMARTS) is 1. The maximum atomic E-state index is 12.9. The number of hydrogen-bond donors (Lipinski definition) is 2. The minimum atomic E-state index is -0.921. The Kier molecular flexibility index (Phi) is 2.98. The molecule has 1 aliphatic carbocycles. The first kappa shape index (κ1) is 15.1. The zero-order valence-corrected chi connectivity index (χ0v) is 13.9. The molecule has 6 heteroatoms. The van der Waals surface area contributed by atoms with Crippen LogP contribution in [0.15, 0.2) is 24.3 Å². The summed E-state index contributed by atoms with van der Waals surface area (Å²) in [6, 6.07) is 6.54. The molecule has 0 bridgehead atoms. The van der Waals surface area contributed by atoms with Crippen molar-refractivity contribution in [1.29, 1.82) is 0 Å². The molecule has 1 saturated heterocycles. The third-order valence-electron chi connectivity index (χ3n) is 5.80. The number of benzene rings is 1. The third kappa shape index (κ3) is 1.89. The van der Waals surface area contributed by atoms with Gasteiger partial charge in [-0.2, -0.15) is 0 Å². The Morgan fingerprint density at radius 2 is 2.12 bits per heavy atom. The molecule has 2 aromatic rings. The van der Waals surface area contributed by atoms with Gasteiger partial charge in [0, 0.05) is 23.4 Å². The molecular weight excluding hydrogens is 308 g/mol. The third-order valence-corrected chi connectivity index (χ3v) is 5.80. The number of nitrogens with zero attached hydrogens (tertiary/aromatic N) is 1. The van der Waals surface area contributed by atoms with Gasteiger partial charge in [-0.25, -0.2) is 4.79 Å². The van der Waals surface area contributed by atoms with E-state index in [0.717, 1.165) is 10.9 Å². The van der Waals surface area contributed by atoms with Gasteiger partial charge in [-0.05, 0) is 29.5 Å². The molecule has 0 unspecified atom stereocenters. The molecule has 1 amide bonds. The lowest BCUT2D eigenvalue weighted by molar-refractivity contribution is -0.142. The maximum absolute atomic E-state index is 12.9. The van der Waals surface area contributed by atoms with Crippen LogP contribution in [0.1, 0.15) is 24.3 Å². The van der Waals surface area contributed by atoms with Crippen molar-refractivity contribution >= 4 is 22.8 Å². The van der Waals surface area contributed by atoms with Gasteiger partial charge in [0.1, 0.15) is 17.5 Å². The minimum absolute atomic E-state index is 0.00348. The van der Waals surface area contributed by atoms with Crippen LogP contribution in [0.3, 0.4) is 0 Å². The summed E-state index contributed by atoms with van der Waals surface area (Å²) in [5.74, 6) is -0.193. The summed E-state index contributed by atoms with van der Waals surface area (Å²) in [5, 5.41) is 10.4. The molecule has 4 rings (SSSR count). The summed E-state index contributed by atoms with van der Waals surface area (Å²) in [6.45, 7) is 4.65. The van der Waals surface area contributed by atoms with Crippen LogP contribution in [0, 0.1) is 17.3 Å². The number of carbonyl (C=O) groups is 2. The fourth-order valence-corrected chi connectivity index (χ4v) is 4.35. The lowest BCUT2D eigenvalue weighted by atomic mass is 10.0. The average molecular weight is 328 g/mol. The van der Waals surface area contributed by atoms with Crippen molar-refractivity contribution < 1.29 is 19.4 Å². The number of hydrogen-bond acceptors (Lipinski definition) is 3. The second kappa shape index (κ2) is 4.75. The van der Waals surface area contributed by atoms with Gasteiger partial charge >= 0.3 is 5.97 Å². The molecule has 2 heterocycles. The van der Waals surface area contributed by atoms with Gasteiger partial charge in [0.15, 0.2) is 0 Å². The molecule has 2 fully saturated rings. The van der Waals surface area contributed by atoms with E-state index < -0.39 is 12.0 Å². The van der Waals surface area contributed by atoms with Crippen LogP contribution >= 0.6 is 0 Å². The van der Waals surface area contributed by atoms with Gasteiger partial charge in [0.2, 0.25) is 0 Å². The summed E-state index contributed by atoms with van der Waals surface area (Å²) in [7, 11) is 1.58. The second-order valence-corrected chi connectivity index (χ2v) is 7.30. The Bertz CT molecular complexity index is 854. The maximum Gasteiger partial charge on any atom is 0.326 e. The minimum Gasteiger partial charge on any atom is -0.496 e. The SMILES string of the molecule is COc1cccc2[nH]c(C(=O)N3C[C@H]4[C@@H]([C@H]3C(=O)O)C4(C)C)cc12. The van der Waals surface area contributed by atoms with E-state index in [0.29, 0.717) is 18.0 Å². The number of amides is 1. The summed E-state index contributed by atoms with van der Waals surface area (Å²) >= 11 is 0. The molecule has 2 N–H and O–H groups in total. The van der Waals surface area contributed by atoms with Gasteiger partial charge in [0.25, 0.3) is 5.91 Å². The molecule has 1 saturated carbocycles. The van der Waals surface area contributed by atoms with E-state index in [9.17, 15) is 14.7 Å². The van der Waals surface area contributed by atoms with Crippen LogP contribution in [0.25, 0.3) is 10.9 Å². The summed E-state index contributed by atoms with van der Waals surface area (Å²) < 4.78 is 5.32. The van der Waals surface area contributed by atoms with Crippen molar-refractivity contribution in [1.82, 2.24) is 9.88 Å². The summed E-state index contributed by atoms with van der Waals surface area (Å²) in [5.41, 5.74) is 1.21. The molecule has 0 spiro atoms. The van der Waals surface area contributed by atoms with Crippen LogP contribution in [-0.2, 0) is 4.79 Å². The number of fused-ring (bicyclic) bond motifs is 2. The molecule has 2 aliphatic rings. The Hall–Kier alpha value is -2.50. The number of piperidine rings is 1. The number of ether oxygens (including phenoxy) is 1. The van der Waals surface area contributed by atoms with Crippen LogP contribution in [0.2, 0.25) is 0 Å². The van der Waals surface area contributed by atoms with Crippen LogP contribution in [0.4, 0.5) is 0 Å². The number of rotatable bonds is 3. The van der Waals surface area contributed by atoms with E-state index >= 15 is 0 Å². The van der Waals surface area contributed by atoms with Crippen LogP contribution < -0.4 is 4.74 Å². The van der Waals surface area contributed by atoms with Crippen LogP contribution in [-0.4, -0.2) is 46.6 Å². The molecule has 1 aromatic carbocycles. The Labute approximate surface area is 139 Å². The van der Waals surface area contributed by atoms with Crippen molar-refractivity contribution in [2.24, 2.45) is 17.3 Å². The number of H-pyrrole nitrogens is 1. The Morgan fingerprint density at radius 1 is 1.38 bits per heavy atom. The largest absolute Gasteiger partial charge is 0.496 e. The molecule has 3 atom stereocenters.